The number of methoxy groups -OCH3 is 1. The molecule has 5 nitrogen and oxygen atoms in total. The molecule has 0 aromatic heterocycles. The highest BCUT2D eigenvalue weighted by molar-refractivity contribution is 8.22. The SMILES string of the molecule is CCC1=C(C(=O)O)[C@H](c2ccccc2OC)N2C=C(c3ccc(Cl)cc3Cl)SC2=N1. The van der Waals surface area contributed by atoms with Gasteiger partial charge in [-0.15, -0.1) is 0 Å². The van der Waals surface area contributed by atoms with E-state index in [4.69, 9.17) is 27.9 Å². The number of halogens is 2. The zero-order chi connectivity index (χ0) is 21.4. The van der Waals surface area contributed by atoms with E-state index in [1.807, 2.05) is 48.4 Å². The first kappa shape index (κ1) is 20.8. The van der Waals surface area contributed by atoms with Gasteiger partial charge < -0.3 is 14.7 Å². The summed E-state index contributed by atoms with van der Waals surface area (Å²) in [5, 5.41) is 11.8. The Morgan fingerprint density at radius 2 is 2.03 bits per heavy atom. The van der Waals surface area contributed by atoms with E-state index in [1.165, 1.54) is 11.8 Å². The fourth-order valence-corrected chi connectivity index (χ4v) is 5.26. The number of carbonyl (C=O) groups is 1. The molecule has 0 amide bonds. The van der Waals surface area contributed by atoms with Gasteiger partial charge in [0.2, 0.25) is 0 Å². The molecule has 154 valence electrons. The monoisotopic (exact) mass is 460 g/mol. The Balaban J connectivity index is 1.89. The summed E-state index contributed by atoms with van der Waals surface area (Å²) in [6, 6.07) is 12.2. The number of aliphatic imine (C=N–C) groups is 1. The smallest absolute Gasteiger partial charge is 0.335 e. The number of amidine groups is 1. The highest BCUT2D eigenvalue weighted by Crippen LogP contribution is 2.49. The number of carboxylic acids is 1. The summed E-state index contributed by atoms with van der Waals surface area (Å²) in [6.45, 7) is 1.90. The molecule has 2 aliphatic heterocycles. The van der Waals surface area contributed by atoms with Crippen molar-refractivity contribution in [2.24, 2.45) is 4.99 Å². The van der Waals surface area contributed by atoms with Gasteiger partial charge in [-0.1, -0.05) is 54.4 Å². The van der Waals surface area contributed by atoms with Crippen molar-refractivity contribution in [3.8, 4) is 5.75 Å². The Bertz CT molecular complexity index is 1130. The lowest BCUT2D eigenvalue weighted by molar-refractivity contribution is -0.133. The lowest BCUT2D eigenvalue weighted by atomic mass is 9.93. The van der Waals surface area contributed by atoms with Gasteiger partial charge in [-0.2, -0.15) is 0 Å². The summed E-state index contributed by atoms with van der Waals surface area (Å²) in [5.41, 5.74) is 2.37. The Kier molecular flexibility index (Phi) is 5.82. The number of aliphatic carboxylic acids is 1. The third-order valence-corrected chi connectivity index (χ3v) is 6.54. The maximum atomic E-state index is 12.3. The van der Waals surface area contributed by atoms with E-state index < -0.39 is 12.0 Å². The fourth-order valence-electron chi connectivity index (χ4n) is 3.62. The Hall–Kier alpha value is -2.41. The average Bonchev–Trinajstić information content (AvgIpc) is 3.15. The molecule has 2 heterocycles. The van der Waals surface area contributed by atoms with E-state index in [9.17, 15) is 9.90 Å². The van der Waals surface area contributed by atoms with E-state index >= 15 is 0 Å². The molecule has 0 aliphatic carbocycles. The summed E-state index contributed by atoms with van der Waals surface area (Å²) in [7, 11) is 1.58. The van der Waals surface area contributed by atoms with Crippen molar-refractivity contribution in [1.82, 2.24) is 4.90 Å². The molecule has 2 aliphatic rings. The van der Waals surface area contributed by atoms with E-state index in [0.29, 0.717) is 33.1 Å². The van der Waals surface area contributed by atoms with Crippen LogP contribution in [-0.2, 0) is 4.79 Å². The largest absolute Gasteiger partial charge is 0.496 e. The van der Waals surface area contributed by atoms with Crippen LogP contribution in [-0.4, -0.2) is 28.3 Å². The first-order valence-electron chi connectivity index (χ1n) is 9.26. The van der Waals surface area contributed by atoms with E-state index in [0.717, 1.165) is 16.0 Å². The minimum Gasteiger partial charge on any atom is -0.496 e. The topological polar surface area (TPSA) is 62.1 Å². The van der Waals surface area contributed by atoms with Crippen LogP contribution in [0.25, 0.3) is 4.91 Å². The molecule has 1 N–H and O–H groups in total. The summed E-state index contributed by atoms with van der Waals surface area (Å²) in [4.78, 5) is 19.7. The van der Waals surface area contributed by atoms with E-state index in [2.05, 4.69) is 4.99 Å². The minimum absolute atomic E-state index is 0.242. The maximum Gasteiger partial charge on any atom is 0.335 e. The number of para-hydroxylation sites is 1. The van der Waals surface area contributed by atoms with Crippen molar-refractivity contribution in [2.75, 3.05) is 7.11 Å². The summed E-state index contributed by atoms with van der Waals surface area (Å²) in [6.07, 6.45) is 2.40. The molecule has 0 radical (unpaired) electrons. The van der Waals surface area contributed by atoms with Crippen LogP contribution >= 0.6 is 35.0 Å². The van der Waals surface area contributed by atoms with Crippen molar-refractivity contribution in [3.05, 3.63) is 81.1 Å². The van der Waals surface area contributed by atoms with E-state index in [-0.39, 0.29) is 5.57 Å². The number of hydrogen-bond acceptors (Lipinski definition) is 5. The highest BCUT2D eigenvalue weighted by atomic mass is 35.5. The molecule has 0 unspecified atom stereocenters. The number of nitrogens with zero attached hydrogens (tertiary/aromatic N) is 2. The molecule has 0 saturated heterocycles. The average molecular weight is 461 g/mol. The second-order valence-electron chi connectivity index (χ2n) is 6.68. The standard InChI is InChI=1S/C22H18Cl2N2O3S/c1-3-16-19(21(27)28)20(14-6-4-5-7-17(14)29-2)26-11-18(30-22(26)25-16)13-9-8-12(23)10-15(13)24/h4-11,20H,3H2,1-2H3,(H,27,28)/t20-/m0/s1. The van der Waals surface area contributed by atoms with Crippen LogP contribution in [0.5, 0.6) is 5.75 Å². The molecular weight excluding hydrogens is 443 g/mol. The van der Waals surface area contributed by atoms with Gasteiger partial charge in [-0.05, 0) is 36.4 Å². The lowest BCUT2D eigenvalue weighted by Crippen LogP contribution is -2.34. The van der Waals surface area contributed by atoms with Crippen molar-refractivity contribution in [1.29, 1.82) is 0 Å². The predicted molar refractivity (Wildman–Crippen MR) is 122 cm³/mol. The third kappa shape index (κ3) is 3.60. The number of allylic oxidation sites excluding steroid dienone is 1. The van der Waals surface area contributed by atoms with Crippen molar-refractivity contribution < 1.29 is 14.6 Å². The minimum atomic E-state index is -0.998. The second-order valence-corrected chi connectivity index (χ2v) is 8.54. The quantitative estimate of drug-likeness (QED) is 0.574. The first-order valence-corrected chi connectivity index (χ1v) is 10.8. The van der Waals surface area contributed by atoms with Crippen molar-refractivity contribution >= 4 is 51.0 Å². The van der Waals surface area contributed by atoms with Crippen LogP contribution in [0.15, 0.2) is 64.9 Å². The van der Waals surface area contributed by atoms with E-state index in [1.54, 1.807) is 19.2 Å². The van der Waals surface area contributed by atoms with Gasteiger partial charge in [0.15, 0.2) is 5.17 Å². The molecule has 0 spiro atoms. The predicted octanol–water partition coefficient (Wildman–Crippen LogP) is 6.21. The van der Waals surface area contributed by atoms with Crippen molar-refractivity contribution in [2.45, 2.75) is 19.4 Å². The van der Waals surface area contributed by atoms with Gasteiger partial charge in [-0.3, -0.25) is 0 Å². The molecular formula is C22H18Cl2N2O3S. The number of fused-ring (bicyclic) bond motifs is 1. The molecule has 0 fully saturated rings. The number of carboxylic acid groups (broad SMARTS) is 1. The fraction of sp³-hybridized carbons (Fsp3) is 0.182. The van der Waals surface area contributed by atoms with Gasteiger partial charge >= 0.3 is 5.97 Å². The van der Waals surface area contributed by atoms with Gasteiger partial charge in [0.25, 0.3) is 0 Å². The van der Waals surface area contributed by atoms with Gasteiger partial charge in [0.05, 0.1) is 29.4 Å². The number of thioether (sulfide) groups is 1. The van der Waals surface area contributed by atoms with Crippen LogP contribution in [0.1, 0.15) is 30.5 Å². The van der Waals surface area contributed by atoms with Gasteiger partial charge in [0, 0.05) is 27.3 Å². The molecule has 30 heavy (non-hydrogen) atoms. The summed E-state index contributed by atoms with van der Waals surface area (Å²) >= 11 is 13.9. The Labute approximate surface area is 188 Å². The third-order valence-electron chi connectivity index (χ3n) is 4.97. The van der Waals surface area contributed by atoms with Crippen LogP contribution < -0.4 is 4.74 Å². The normalized spacial score (nSPS) is 18.1. The summed E-state index contributed by atoms with van der Waals surface area (Å²) < 4.78 is 5.54. The molecule has 2 aromatic carbocycles. The highest BCUT2D eigenvalue weighted by Gasteiger charge is 2.40. The number of benzene rings is 2. The van der Waals surface area contributed by atoms with Crippen LogP contribution in [0, 0.1) is 0 Å². The molecule has 0 saturated carbocycles. The molecule has 4 rings (SSSR count). The first-order chi connectivity index (χ1) is 14.4. The zero-order valence-electron chi connectivity index (χ0n) is 16.2. The van der Waals surface area contributed by atoms with Crippen LogP contribution in [0.4, 0.5) is 0 Å². The summed E-state index contributed by atoms with van der Waals surface area (Å²) in [5.74, 6) is -0.378. The number of hydrogen-bond donors (Lipinski definition) is 1. The van der Waals surface area contributed by atoms with Gasteiger partial charge in [-0.25, -0.2) is 9.79 Å². The maximum absolute atomic E-state index is 12.3. The molecule has 0 bridgehead atoms. The van der Waals surface area contributed by atoms with Crippen molar-refractivity contribution in [3.63, 3.8) is 0 Å². The zero-order valence-corrected chi connectivity index (χ0v) is 18.6. The van der Waals surface area contributed by atoms with Crippen LogP contribution in [0.3, 0.4) is 0 Å². The number of rotatable bonds is 5. The molecule has 8 heteroatoms. The lowest BCUT2D eigenvalue weighted by Gasteiger charge is -2.33. The Morgan fingerprint density at radius 3 is 2.70 bits per heavy atom. The molecule has 2 aromatic rings. The number of ether oxygens (including phenoxy) is 1. The second kappa shape index (κ2) is 8.38. The molecule has 1 atom stereocenters. The van der Waals surface area contributed by atoms with Gasteiger partial charge in [0.1, 0.15) is 5.75 Å². The van der Waals surface area contributed by atoms with Crippen LogP contribution in [0.2, 0.25) is 10.0 Å². The Morgan fingerprint density at radius 1 is 1.27 bits per heavy atom.